The molecule has 2 aromatic heterocycles. The maximum Gasteiger partial charge on any atom is 0.335 e. The highest BCUT2D eigenvalue weighted by molar-refractivity contribution is 5.96. The van der Waals surface area contributed by atoms with Crippen molar-refractivity contribution in [3.05, 3.63) is 214 Å². The van der Waals surface area contributed by atoms with Crippen LogP contribution in [0.1, 0.15) is 125 Å². The van der Waals surface area contributed by atoms with E-state index in [4.69, 9.17) is 43.1 Å². The molecule has 2 fully saturated rings. The molecule has 5 N–H and O–H groups in total. The molecule has 512 valence electrons. The zero-order valence-corrected chi connectivity index (χ0v) is 55.2. The third-order valence-electron chi connectivity index (χ3n) is 16.5. The van der Waals surface area contributed by atoms with Gasteiger partial charge in [-0.1, -0.05) is 141 Å². The molecule has 22 heteroatoms. The number of anilines is 6. The highest BCUT2D eigenvalue weighted by Crippen LogP contribution is 2.38. The van der Waals surface area contributed by atoms with Crippen molar-refractivity contribution >= 4 is 82.8 Å². The Bertz CT molecular complexity index is 4210. The number of aromatic carboxylic acids is 1. The highest BCUT2D eigenvalue weighted by atomic mass is 16.5. The van der Waals surface area contributed by atoms with Crippen LogP contribution in [-0.2, 0) is 44.7 Å². The molecule has 22 nitrogen and oxygen atoms in total. The fourth-order valence-corrected chi connectivity index (χ4v) is 10.8. The average Bonchev–Trinajstić information content (AvgIpc) is 1.56. The molecule has 2 saturated heterocycles. The Balaban J connectivity index is 0.000000206. The number of carbonyl (C=O) groups is 4. The second-order valence-electron chi connectivity index (χ2n) is 24.0. The van der Waals surface area contributed by atoms with E-state index in [0.29, 0.717) is 132 Å². The first-order valence-electron chi connectivity index (χ1n) is 33.1. The van der Waals surface area contributed by atoms with E-state index in [9.17, 15) is 19.2 Å². The van der Waals surface area contributed by atoms with E-state index in [2.05, 4.69) is 72.7 Å². The number of benzene rings is 6. The molecular formula is C78H83N15O7. The van der Waals surface area contributed by atoms with Crippen LogP contribution in [0, 0.1) is 24.7 Å². The van der Waals surface area contributed by atoms with Gasteiger partial charge in [-0.05, 0) is 101 Å². The van der Waals surface area contributed by atoms with Gasteiger partial charge in [0.15, 0.2) is 28.8 Å². The number of nitrogens with zero attached hydrogens (tertiary/aromatic N) is 12. The van der Waals surface area contributed by atoms with Crippen molar-refractivity contribution in [2.24, 2.45) is 26.2 Å². The minimum absolute atomic E-state index is 0. The zero-order chi connectivity index (χ0) is 69.1. The number of nitrogens with two attached hydrogens (primary N) is 1. The van der Waals surface area contributed by atoms with E-state index < -0.39 is 5.97 Å². The summed E-state index contributed by atoms with van der Waals surface area (Å²) < 4.78 is 11.0. The van der Waals surface area contributed by atoms with Gasteiger partial charge in [0.05, 0.1) is 32.0 Å². The number of hydrogen-bond acceptors (Lipinski definition) is 21. The number of terminal acetylenes is 2. The lowest BCUT2D eigenvalue weighted by molar-refractivity contribution is -0.118. The van der Waals surface area contributed by atoms with E-state index in [1.807, 2.05) is 146 Å². The van der Waals surface area contributed by atoms with Crippen LogP contribution in [0.2, 0.25) is 0 Å². The third kappa shape index (κ3) is 23.2. The van der Waals surface area contributed by atoms with E-state index in [1.165, 1.54) is 12.1 Å². The average molecular weight is 1340 g/mol. The summed E-state index contributed by atoms with van der Waals surface area (Å²) in [5, 5.41) is 31.7. The molecule has 12 rings (SSSR count). The number of carboxylic acids is 1. The molecule has 0 amide bonds. The van der Waals surface area contributed by atoms with Crippen molar-refractivity contribution in [1.82, 2.24) is 29.9 Å². The molecule has 0 spiro atoms. The zero-order valence-electron chi connectivity index (χ0n) is 55.2. The number of morpholine rings is 2. The second-order valence-corrected chi connectivity index (χ2v) is 24.0. The maximum atomic E-state index is 12.9. The number of ether oxygens (including phenoxy) is 2. The Labute approximate surface area is 583 Å². The van der Waals surface area contributed by atoms with Crippen LogP contribution in [0.3, 0.4) is 0 Å². The lowest BCUT2D eigenvalue weighted by atomic mass is 9.97. The van der Waals surface area contributed by atoms with E-state index >= 15 is 0 Å². The summed E-state index contributed by atoms with van der Waals surface area (Å²) in [6, 6.07) is 49.0. The summed E-state index contributed by atoms with van der Waals surface area (Å²) in [6.45, 7) is 5.96. The standard InChI is InChI=1S/C39H39N7O3.C31H29N5O4.C7H11N3.CH4/c1-2-3-21-39(44-45-39)22-7-10-35(48)32-16-11-30(12-17-32)27-34(47)28-31-13-18-33(19-14-31)40-37-41-36(20-15-29-8-5-4-6-9-29)42-38(43-37)46-23-25-49-26-24-46;37-27(20-23-6-11-25(12-7-23)29(38)39)21-24-8-13-26(14-9-24)32-30-33-28(15-10-22-4-2-1-3-5-22)34-31(35-30)36-16-18-40-19-17-36;1-2-3-4-7(5-6-8)9-10-7;/h1,4-6,8-9,11-20H,3,7,10,21-28H2,(H,40,41,42,43);1-15H,16-21H2,(H,38,39)(H,32,33,34,35);1H,3-6,8H2;1H4/b20-15+;15-10+;;. The van der Waals surface area contributed by atoms with Gasteiger partial charge in [-0.15, -0.1) is 24.7 Å². The fraction of sp³-hybridized carbons (Fsp3) is 0.308. The number of Topliss-reactive ketones (excluding diaryl/α,β-unsaturated/α-hetero) is 3. The van der Waals surface area contributed by atoms with Crippen molar-refractivity contribution in [3.8, 4) is 24.7 Å². The van der Waals surface area contributed by atoms with Crippen molar-refractivity contribution in [2.45, 2.75) is 95.8 Å². The Hall–Kier alpha value is -11.3. The van der Waals surface area contributed by atoms with Gasteiger partial charge in [0, 0.05) is 107 Å². The summed E-state index contributed by atoms with van der Waals surface area (Å²) in [7, 11) is 0. The first-order chi connectivity index (χ1) is 48.3. The van der Waals surface area contributed by atoms with E-state index in [1.54, 1.807) is 24.3 Å². The van der Waals surface area contributed by atoms with Crippen molar-refractivity contribution < 1.29 is 33.8 Å². The molecule has 0 radical (unpaired) electrons. The smallest absolute Gasteiger partial charge is 0.335 e. The van der Waals surface area contributed by atoms with Crippen molar-refractivity contribution in [3.63, 3.8) is 0 Å². The van der Waals surface area contributed by atoms with Gasteiger partial charge >= 0.3 is 5.97 Å². The van der Waals surface area contributed by atoms with Crippen LogP contribution in [-0.4, -0.2) is 129 Å². The van der Waals surface area contributed by atoms with Gasteiger partial charge in [-0.2, -0.15) is 50.4 Å². The first-order valence-corrected chi connectivity index (χ1v) is 33.1. The first kappa shape index (κ1) is 73.0. The normalized spacial score (nSPS) is 14.4. The highest BCUT2D eigenvalue weighted by Gasteiger charge is 2.39. The Morgan fingerprint density at radius 3 is 1.24 bits per heavy atom. The van der Waals surface area contributed by atoms with Crippen molar-refractivity contribution in [1.29, 1.82) is 0 Å². The Morgan fingerprint density at radius 1 is 0.490 bits per heavy atom. The molecule has 6 heterocycles. The SMILES string of the molecule is C.C#CCCC1(CCCC(=O)c2ccc(CC(=O)Cc3ccc(Nc4nc(/C=C/c5ccccc5)nc(N5CCOCC5)n4)cc3)cc2)N=N1.C#CCCC1(CCN)N=N1.O=C(Cc1ccc(Nc2nc(/C=C/c3ccccc3)nc(N3CCOCC3)n2)cc1)Cc1ccc(C(=O)O)cc1. The summed E-state index contributed by atoms with van der Waals surface area (Å²) in [5.74, 6) is 7.57. The van der Waals surface area contributed by atoms with Crippen LogP contribution in [0.4, 0.5) is 35.2 Å². The van der Waals surface area contributed by atoms with Crippen LogP contribution < -0.4 is 26.2 Å². The van der Waals surface area contributed by atoms with Gasteiger partial charge in [0.25, 0.3) is 0 Å². The lowest BCUT2D eigenvalue weighted by Gasteiger charge is -2.27. The number of rotatable bonds is 30. The molecule has 0 unspecified atom stereocenters. The third-order valence-corrected chi connectivity index (χ3v) is 16.5. The molecule has 6 aromatic carbocycles. The lowest BCUT2D eigenvalue weighted by Crippen LogP contribution is -2.37. The van der Waals surface area contributed by atoms with Gasteiger partial charge in [-0.3, -0.25) is 14.4 Å². The number of carboxylic acid groups (broad SMARTS) is 1. The number of hydrogen-bond donors (Lipinski definition) is 4. The molecular weight excluding hydrogens is 1260 g/mol. The summed E-state index contributed by atoms with van der Waals surface area (Å²) >= 11 is 0. The molecule has 100 heavy (non-hydrogen) atoms. The Morgan fingerprint density at radius 2 is 0.870 bits per heavy atom. The van der Waals surface area contributed by atoms with Crippen LogP contribution in [0.5, 0.6) is 0 Å². The number of carbonyl (C=O) groups excluding carboxylic acids is 3. The summed E-state index contributed by atoms with van der Waals surface area (Å²) in [4.78, 5) is 81.3. The van der Waals surface area contributed by atoms with Crippen LogP contribution in [0.15, 0.2) is 178 Å². The van der Waals surface area contributed by atoms with E-state index in [0.717, 1.165) is 76.9 Å². The number of aromatic nitrogens is 6. The monoisotopic (exact) mass is 1340 g/mol. The van der Waals surface area contributed by atoms with Gasteiger partial charge in [-0.25, -0.2) is 4.79 Å². The molecule has 4 aliphatic rings. The second kappa shape index (κ2) is 36.9. The summed E-state index contributed by atoms with van der Waals surface area (Å²) in [6.07, 6.45) is 25.0. The van der Waals surface area contributed by atoms with Crippen LogP contribution in [0.25, 0.3) is 24.3 Å². The molecule has 0 atom stereocenters. The minimum atomic E-state index is -0.985. The molecule has 0 saturated carbocycles. The summed E-state index contributed by atoms with van der Waals surface area (Å²) in [5.41, 5.74) is 12.8. The largest absolute Gasteiger partial charge is 0.478 e. The molecule has 8 aromatic rings. The minimum Gasteiger partial charge on any atom is -0.478 e. The maximum absolute atomic E-state index is 12.9. The van der Waals surface area contributed by atoms with Crippen LogP contribution >= 0.6 is 0 Å². The number of ketones is 3. The van der Waals surface area contributed by atoms with Gasteiger partial charge < -0.3 is 40.7 Å². The topological polar surface area (TPSA) is 290 Å². The van der Waals surface area contributed by atoms with Gasteiger partial charge in [0.1, 0.15) is 11.6 Å². The fourth-order valence-electron chi connectivity index (χ4n) is 10.8. The van der Waals surface area contributed by atoms with Gasteiger partial charge in [0.2, 0.25) is 23.8 Å². The predicted molar refractivity (Wildman–Crippen MR) is 390 cm³/mol. The predicted octanol–water partition coefficient (Wildman–Crippen LogP) is 13.1. The molecule has 4 aliphatic heterocycles. The molecule has 0 bridgehead atoms. The Kier molecular flexibility index (Phi) is 26.9. The van der Waals surface area contributed by atoms with E-state index in [-0.39, 0.29) is 54.5 Å². The van der Waals surface area contributed by atoms with Crippen molar-refractivity contribution in [2.75, 3.05) is 79.6 Å². The molecule has 0 aliphatic carbocycles. The quantitative estimate of drug-likeness (QED) is 0.0240. The number of nitrogens with one attached hydrogen (secondary N) is 2.